The molecule has 0 atom stereocenters. The molecular weight excluding hydrogens is 350 g/mol. The molecule has 7 heteroatoms. The maximum Gasteiger partial charge on any atom is 0.322 e. The summed E-state index contributed by atoms with van der Waals surface area (Å²) in [4.78, 5) is 34.0. The summed E-state index contributed by atoms with van der Waals surface area (Å²) < 4.78 is 5.77. The summed E-state index contributed by atoms with van der Waals surface area (Å²) in [7, 11) is 0. The predicted molar refractivity (Wildman–Crippen MR) is 98.2 cm³/mol. The maximum atomic E-state index is 11.9. The van der Waals surface area contributed by atoms with Crippen molar-refractivity contribution in [2.75, 3.05) is 6.54 Å². The number of hydrogen-bond acceptors (Lipinski definition) is 5. The van der Waals surface area contributed by atoms with Crippen LogP contribution < -0.4 is 10.1 Å². The Morgan fingerprint density at radius 3 is 2.52 bits per heavy atom. The molecule has 0 aliphatic heterocycles. The quantitative estimate of drug-likeness (QED) is 0.615. The number of aromatic hydroxyl groups is 1. The number of carbonyl (C=O) groups excluding carboxylic acids is 2. The SMILES string of the molecule is CCc1cc(C(C)=O)c(O)cc1OCc1cccc(C(=O)NCC(=O)O)c1. The zero-order chi connectivity index (χ0) is 20.0. The third kappa shape index (κ3) is 5.31. The van der Waals surface area contributed by atoms with Crippen molar-refractivity contribution < 1.29 is 29.3 Å². The standard InChI is InChI=1S/C20H21NO6/c1-3-14-8-16(12(2)22)17(23)9-18(14)27-11-13-5-4-6-15(7-13)20(26)21-10-19(24)25/h4-9,23H,3,10-11H2,1-2H3,(H,21,26)(H,24,25). The second-order valence-corrected chi connectivity index (χ2v) is 5.95. The number of phenols is 1. The molecule has 0 bridgehead atoms. The molecule has 0 saturated heterocycles. The zero-order valence-corrected chi connectivity index (χ0v) is 15.1. The highest BCUT2D eigenvalue weighted by Gasteiger charge is 2.13. The average molecular weight is 371 g/mol. The molecule has 3 N–H and O–H groups in total. The fraction of sp³-hybridized carbons (Fsp3) is 0.250. The number of phenolic OH excluding ortho intramolecular Hbond substituents is 1. The lowest BCUT2D eigenvalue weighted by atomic mass is 10.0. The number of rotatable bonds is 8. The lowest BCUT2D eigenvalue weighted by molar-refractivity contribution is -0.135. The van der Waals surface area contributed by atoms with Crippen LogP contribution in [0.2, 0.25) is 0 Å². The first-order chi connectivity index (χ1) is 12.8. The molecule has 0 fully saturated rings. The fourth-order valence-electron chi connectivity index (χ4n) is 2.53. The summed E-state index contributed by atoms with van der Waals surface area (Å²) in [5.41, 5.74) is 2.06. The van der Waals surface area contributed by atoms with Crippen LogP contribution in [0.4, 0.5) is 0 Å². The van der Waals surface area contributed by atoms with Gasteiger partial charge in [-0.25, -0.2) is 0 Å². The number of hydrogen-bond donors (Lipinski definition) is 3. The third-order valence-corrected chi connectivity index (χ3v) is 3.92. The van der Waals surface area contributed by atoms with Crippen LogP contribution in [0, 0.1) is 0 Å². The highest BCUT2D eigenvalue weighted by Crippen LogP contribution is 2.30. The predicted octanol–water partition coefficient (Wildman–Crippen LogP) is 2.55. The van der Waals surface area contributed by atoms with Gasteiger partial charge in [-0.3, -0.25) is 14.4 Å². The normalized spacial score (nSPS) is 10.3. The lowest BCUT2D eigenvalue weighted by Gasteiger charge is -2.13. The van der Waals surface area contributed by atoms with Crippen LogP contribution in [0.15, 0.2) is 36.4 Å². The summed E-state index contributed by atoms with van der Waals surface area (Å²) in [5, 5.41) is 20.9. The van der Waals surface area contributed by atoms with Crippen molar-refractivity contribution in [1.29, 1.82) is 0 Å². The molecule has 0 spiro atoms. The number of carboxylic acids is 1. The van der Waals surface area contributed by atoms with Gasteiger partial charge in [-0.2, -0.15) is 0 Å². The smallest absolute Gasteiger partial charge is 0.322 e. The van der Waals surface area contributed by atoms with Crippen molar-refractivity contribution in [2.45, 2.75) is 26.9 Å². The number of aryl methyl sites for hydroxylation is 1. The summed E-state index contributed by atoms with van der Waals surface area (Å²) in [6.45, 7) is 2.99. The second-order valence-electron chi connectivity index (χ2n) is 5.95. The minimum Gasteiger partial charge on any atom is -0.507 e. The summed E-state index contributed by atoms with van der Waals surface area (Å²) >= 11 is 0. The number of ether oxygens (including phenoxy) is 1. The Balaban J connectivity index is 2.14. The molecule has 0 saturated carbocycles. The summed E-state index contributed by atoms with van der Waals surface area (Å²) in [6.07, 6.45) is 0.619. The van der Waals surface area contributed by atoms with Gasteiger partial charge in [-0.05, 0) is 42.7 Å². The number of amides is 1. The minimum atomic E-state index is -1.12. The Labute approximate surface area is 156 Å². The topological polar surface area (TPSA) is 113 Å². The van der Waals surface area contributed by atoms with Gasteiger partial charge in [0.25, 0.3) is 5.91 Å². The van der Waals surface area contributed by atoms with Crippen LogP contribution in [0.3, 0.4) is 0 Å². The van der Waals surface area contributed by atoms with Crippen molar-refractivity contribution >= 4 is 17.7 Å². The Kier molecular flexibility index (Phi) is 6.54. The second kappa shape index (κ2) is 8.84. The van der Waals surface area contributed by atoms with Gasteiger partial charge < -0.3 is 20.3 Å². The van der Waals surface area contributed by atoms with Crippen LogP contribution in [-0.4, -0.2) is 34.4 Å². The van der Waals surface area contributed by atoms with Crippen LogP contribution in [0.25, 0.3) is 0 Å². The molecule has 0 aliphatic rings. The van der Waals surface area contributed by atoms with E-state index >= 15 is 0 Å². The molecular formula is C20H21NO6. The monoisotopic (exact) mass is 371 g/mol. The van der Waals surface area contributed by atoms with Gasteiger partial charge in [0, 0.05) is 11.6 Å². The number of ketones is 1. The minimum absolute atomic E-state index is 0.142. The van der Waals surface area contributed by atoms with Crippen LogP contribution in [-0.2, 0) is 17.8 Å². The number of benzene rings is 2. The number of aliphatic carboxylic acids is 1. The molecule has 0 radical (unpaired) electrons. The number of Topliss-reactive ketones (excluding diaryl/α,β-unsaturated/α-hetero) is 1. The van der Waals surface area contributed by atoms with E-state index in [9.17, 15) is 19.5 Å². The van der Waals surface area contributed by atoms with E-state index in [0.29, 0.717) is 23.3 Å². The molecule has 0 unspecified atom stereocenters. The average Bonchev–Trinajstić information content (AvgIpc) is 2.64. The van der Waals surface area contributed by atoms with Crippen molar-refractivity contribution in [1.82, 2.24) is 5.32 Å². The van der Waals surface area contributed by atoms with E-state index in [2.05, 4.69) is 5.32 Å². The van der Waals surface area contributed by atoms with Gasteiger partial charge in [0.2, 0.25) is 0 Å². The van der Waals surface area contributed by atoms with Gasteiger partial charge >= 0.3 is 5.97 Å². The molecule has 2 rings (SSSR count). The highest BCUT2D eigenvalue weighted by atomic mass is 16.5. The lowest BCUT2D eigenvalue weighted by Crippen LogP contribution is -2.29. The van der Waals surface area contributed by atoms with Crippen molar-refractivity contribution in [2.24, 2.45) is 0 Å². The molecule has 142 valence electrons. The molecule has 0 heterocycles. The Morgan fingerprint density at radius 1 is 1.15 bits per heavy atom. The zero-order valence-electron chi connectivity index (χ0n) is 15.1. The Hall–Kier alpha value is -3.35. The van der Waals surface area contributed by atoms with Gasteiger partial charge in [0.05, 0.1) is 5.56 Å². The maximum absolute atomic E-state index is 11.9. The van der Waals surface area contributed by atoms with E-state index in [1.807, 2.05) is 6.92 Å². The van der Waals surface area contributed by atoms with Gasteiger partial charge in [-0.15, -0.1) is 0 Å². The molecule has 1 amide bonds. The number of nitrogens with one attached hydrogen (secondary N) is 1. The summed E-state index contributed by atoms with van der Waals surface area (Å²) in [5.74, 6) is -1.52. The largest absolute Gasteiger partial charge is 0.507 e. The van der Waals surface area contributed by atoms with Gasteiger partial charge in [-0.1, -0.05) is 19.1 Å². The first-order valence-electron chi connectivity index (χ1n) is 8.40. The van der Waals surface area contributed by atoms with Gasteiger partial charge in [0.1, 0.15) is 24.7 Å². The molecule has 0 aliphatic carbocycles. The Morgan fingerprint density at radius 2 is 1.89 bits per heavy atom. The highest BCUT2D eigenvalue weighted by molar-refractivity contribution is 5.97. The first-order valence-corrected chi connectivity index (χ1v) is 8.40. The molecule has 2 aromatic carbocycles. The van der Waals surface area contributed by atoms with E-state index in [-0.39, 0.29) is 23.7 Å². The van der Waals surface area contributed by atoms with E-state index in [0.717, 1.165) is 5.56 Å². The van der Waals surface area contributed by atoms with Crippen LogP contribution in [0.5, 0.6) is 11.5 Å². The third-order valence-electron chi connectivity index (χ3n) is 3.92. The molecule has 7 nitrogen and oxygen atoms in total. The van der Waals surface area contributed by atoms with E-state index in [1.165, 1.54) is 13.0 Å². The van der Waals surface area contributed by atoms with Crippen molar-refractivity contribution in [3.05, 3.63) is 58.7 Å². The number of carboxylic acid groups (broad SMARTS) is 1. The van der Waals surface area contributed by atoms with E-state index in [4.69, 9.17) is 9.84 Å². The number of carbonyl (C=O) groups is 3. The fourth-order valence-corrected chi connectivity index (χ4v) is 2.53. The van der Waals surface area contributed by atoms with Crippen molar-refractivity contribution in [3.8, 4) is 11.5 Å². The first kappa shape index (κ1) is 20.0. The molecule has 27 heavy (non-hydrogen) atoms. The van der Waals surface area contributed by atoms with E-state index < -0.39 is 18.4 Å². The summed E-state index contributed by atoms with van der Waals surface area (Å²) in [6, 6.07) is 9.65. The molecule has 2 aromatic rings. The van der Waals surface area contributed by atoms with Gasteiger partial charge in [0.15, 0.2) is 5.78 Å². The van der Waals surface area contributed by atoms with Crippen molar-refractivity contribution in [3.63, 3.8) is 0 Å². The van der Waals surface area contributed by atoms with Crippen LogP contribution >= 0.6 is 0 Å². The Bertz CT molecular complexity index is 875. The molecule has 0 aromatic heterocycles. The van der Waals surface area contributed by atoms with E-state index in [1.54, 1.807) is 30.3 Å². The van der Waals surface area contributed by atoms with Crippen LogP contribution in [0.1, 0.15) is 45.7 Å².